The van der Waals surface area contributed by atoms with Crippen LogP contribution in [0.15, 0.2) is 18.2 Å². The molecule has 0 radical (unpaired) electrons. The van der Waals surface area contributed by atoms with Crippen LogP contribution < -0.4 is 10.6 Å². The van der Waals surface area contributed by atoms with E-state index in [0.29, 0.717) is 13.2 Å². The zero-order chi connectivity index (χ0) is 16.9. The van der Waals surface area contributed by atoms with Crippen molar-refractivity contribution in [2.45, 2.75) is 12.8 Å². The number of nitro groups is 1. The highest BCUT2D eigenvalue weighted by Crippen LogP contribution is 2.28. The molecule has 1 saturated heterocycles. The van der Waals surface area contributed by atoms with Gasteiger partial charge >= 0.3 is 0 Å². The lowest BCUT2D eigenvalue weighted by Crippen LogP contribution is -2.47. The predicted octanol–water partition coefficient (Wildman–Crippen LogP) is 1.48. The van der Waals surface area contributed by atoms with Crippen LogP contribution in [-0.4, -0.2) is 44.2 Å². The summed E-state index contributed by atoms with van der Waals surface area (Å²) < 4.78 is 19.1. The molecule has 1 amide bonds. The van der Waals surface area contributed by atoms with Crippen LogP contribution in [0, 0.1) is 21.3 Å². The first-order chi connectivity index (χ1) is 11.0. The first kappa shape index (κ1) is 17.3. The number of non-ortho nitro benzene ring substituents is 1. The molecule has 1 aromatic carbocycles. The molecule has 0 bridgehead atoms. The highest BCUT2D eigenvalue weighted by Gasteiger charge is 2.32. The zero-order valence-corrected chi connectivity index (χ0v) is 12.9. The molecule has 0 aromatic heterocycles. The van der Waals surface area contributed by atoms with Crippen LogP contribution in [0.3, 0.4) is 0 Å². The number of nitrogens with zero attached hydrogens (tertiary/aromatic N) is 1. The molecule has 1 aliphatic heterocycles. The third-order valence-electron chi connectivity index (χ3n) is 4.15. The minimum absolute atomic E-state index is 0.174. The molecule has 1 aromatic rings. The number of piperidine rings is 1. The minimum atomic E-state index is -0.900. The van der Waals surface area contributed by atoms with Gasteiger partial charge in [0.2, 0.25) is 0 Å². The third-order valence-corrected chi connectivity index (χ3v) is 4.15. The van der Waals surface area contributed by atoms with Gasteiger partial charge in [-0.25, -0.2) is 4.39 Å². The summed E-state index contributed by atoms with van der Waals surface area (Å²) in [5.41, 5.74) is -0.752. The summed E-state index contributed by atoms with van der Waals surface area (Å²) >= 11 is 0. The maximum absolute atomic E-state index is 13.9. The SMILES string of the molecule is COCC1(CNC(=O)c2ccc([N+](=O)[O-])cc2F)CCNCC1. The fraction of sp³-hybridized carbons (Fsp3) is 0.533. The second-order valence-electron chi connectivity index (χ2n) is 5.79. The maximum Gasteiger partial charge on any atom is 0.272 e. The molecule has 8 heteroatoms. The molecule has 0 unspecified atom stereocenters. The fourth-order valence-corrected chi connectivity index (χ4v) is 2.80. The highest BCUT2D eigenvalue weighted by molar-refractivity contribution is 5.94. The molecule has 0 saturated carbocycles. The van der Waals surface area contributed by atoms with Gasteiger partial charge in [0.25, 0.3) is 11.6 Å². The molecule has 7 nitrogen and oxygen atoms in total. The van der Waals surface area contributed by atoms with Crippen molar-refractivity contribution in [3.8, 4) is 0 Å². The maximum atomic E-state index is 13.9. The van der Waals surface area contributed by atoms with E-state index in [1.807, 2.05) is 0 Å². The highest BCUT2D eigenvalue weighted by atomic mass is 19.1. The number of amides is 1. The van der Waals surface area contributed by atoms with Gasteiger partial charge in [-0.05, 0) is 32.0 Å². The number of rotatable bonds is 6. The van der Waals surface area contributed by atoms with Gasteiger partial charge in [-0.15, -0.1) is 0 Å². The molecular weight excluding hydrogens is 305 g/mol. The van der Waals surface area contributed by atoms with Crippen molar-refractivity contribution in [2.75, 3.05) is 33.4 Å². The molecule has 0 aliphatic carbocycles. The van der Waals surface area contributed by atoms with Crippen molar-refractivity contribution in [1.29, 1.82) is 0 Å². The normalized spacial score (nSPS) is 16.8. The second kappa shape index (κ2) is 7.47. The molecule has 0 atom stereocenters. The second-order valence-corrected chi connectivity index (χ2v) is 5.79. The van der Waals surface area contributed by atoms with Gasteiger partial charge < -0.3 is 15.4 Å². The van der Waals surface area contributed by atoms with Crippen LogP contribution in [0.25, 0.3) is 0 Å². The number of halogens is 1. The molecule has 126 valence electrons. The largest absolute Gasteiger partial charge is 0.384 e. The van der Waals surface area contributed by atoms with Gasteiger partial charge in [-0.3, -0.25) is 14.9 Å². The predicted molar refractivity (Wildman–Crippen MR) is 81.8 cm³/mol. The van der Waals surface area contributed by atoms with Crippen molar-refractivity contribution in [3.63, 3.8) is 0 Å². The van der Waals surface area contributed by atoms with E-state index in [2.05, 4.69) is 10.6 Å². The number of ether oxygens (including phenoxy) is 1. The summed E-state index contributed by atoms with van der Waals surface area (Å²) in [5.74, 6) is -1.48. The van der Waals surface area contributed by atoms with Gasteiger partial charge in [0.15, 0.2) is 0 Å². The fourth-order valence-electron chi connectivity index (χ4n) is 2.80. The summed E-state index contributed by atoms with van der Waals surface area (Å²) in [4.78, 5) is 22.1. The van der Waals surface area contributed by atoms with Crippen molar-refractivity contribution in [2.24, 2.45) is 5.41 Å². The Morgan fingerprint density at radius 3 is 2.74 bits per heavy atom. The molecule has 0 spiro atoms. The van der Waals surface area contributed by atoms with Crippen LogP contribution in [0.2, 0.25) is 0 Å². The smallest absolute Gasteiger partial charge is 0.272 e. The molecule has 1 fully saturated rings. The van der Waals surface area contributed by atoms with Crippen LogP contribution in [0.4, 0.5) is 10.1 Å². The Morgan fingerprint density at radius 1 is 1.48 bits per heavy atom. The third kappa shape index (κ3) is 4.23. The van der Waals surface area contributed by atoms with E-state index in [1.165, 1.54) is 0 Å². The Hall–Kier alpha value is -2.06. The molecular formula is C15H20FN3O4. The summed E-state index contributed by atoms with van der Waals surface area (Å²) in [6.45, 7) is 2.56. The lowest BCUT2D eigenvalue weighted by Gasteiger charge is -2.37. The van der Waals surface area contributed by atoms with E-state index in [1.54, 1.807) is 7.11 Å². The van der Waals surface area contributed by atoms with Gasteiger partial charge in [0.05, 0.1) is 23.2 Å². The van der Waals surface area contributed by atoms with Gasteiger partial charge in [-0.2, -0.15) is 0 Å². The van der Waals surface area contributed by atoms with E-state index in [4.69, 9.17) is 4.74 Å². The van der Waals surface area contributed by atoms with Gasteiger partial charge in [-0.1, -0.05) is 0 Å². The van der Waals surface area contributed by atoms with E-state index in [9.17, 15) is 19.3 Å². The summed E-state index contributed by atoms with van der Waals surface area (Å²) in [6, 6.07) is 3.01. The quantitative estimate of drug-likeness (QED) is 0.610. The number of carbonyl (C=O) groups is 1. The van der Waals surface area contributed by atoms with E-state index in [-0.39, 0.29) is 16.7 Å². The van der Waals surface area contributed by atoms with E-state index in [0.717, 1.165) is 44.1 Å². The van der Waals surface area contributed by atoms with Crippen molar-refractivity contribution in [3.05, 3.63) is 39.7 Å². The molecule has 2 N–H and O–H groups in total. The number of benzene rings is 1. The lowest BCUT2D eigenvalue weighted by molar-refractivity contribution is -0.385. The van der Waals surface area contributed by atoms with Crippen LogP contribution in [0.5, 0.6) is 0 Å². The first-order valence-electron chi connectivity index (χ1n) is 7.39. The molecule has 2 rings (SSSR count). The summed E-state index contributed by atoms with van der Waals surface area (Å²) in [5, 5.41) is 16.6. The van der Waals surface area contributed by atoms with Crippen molar-refractivity contribution in [1.82, 2.24) is 10.6 Å². The lowest BCUT2D eigenvalue weighted by atomic mass is 9.79. The number of carbonyl (C=O) groups excluding carboxylic acids is 1. The van der Waals surface area contributed by atoms with Crippen LogP contribution in [0.1, 0.15) is 23.2 Å². The Labute approximate surface area is 133 Å². The monoisotopic (exact) mass is 325 g/mol. The number of hydrogen-bond acceptors (Lipinski definition) is 5. The minimum Gasteiger partial charge on any atom is -0.384 e. The Kier molecular flexibility index (Phi) is 5.62. The van der Waals surface area contributed by atoms with Crippen molar-refractivity contribution < 1.29 is 18.8 Å². The average Bonchev–Trinajstić information content (AvgIpc) is 2.53. The summed E-state index contributed by atoms with van der Waals surface area (Å²) in [6.07, 6.45) is 1.70. The molecule has 1 heterocycles. The molecule has 23 heavy (non-hydrogen) atoms. The number of nitro benzene ring substituents is 1. The molecule has 1 aliphatic rings. The Balaban J connectivity index is 2.05. The topological polar surface area (TPSA) is 93.5 Å². The standard InChI is InChI=1S/C15H20FN3O4/c1-23-10-15(4-6-17-7-5-15)9-18-14(20)12-3-2-11(19(21)22)8-13(12)16/h2-3,8,17H,4-7,9-10H2,1H3,(H,18,20). The van der Waals surface area contributed by atoms with E-state index < -0.39 is 16.6 Å². The summed E-state index contributed by atoms with van der Waals surface area (Å²) in [7, 11) is 1.61. The number of methoxy groups -OCH3 is 1. The van der Waals surface area contributed by atoms with Crippen LogP contribution in [-0.2, 0) is 4.74 Å². The van der Waals surface area contributed by atoms with E-state index >= 15 is 0 Å². The number of nitrogens with one attached hydrogen (secondary N) is 2. The number of hydrogen-bond donors (Lipinski definition) is 2. The first-order valence-corrected chi connectivity index (χ1v) is 7.39. The van der Waals surface area contributed by atoms with Crippen LogP contribution >= 0.6 is 0 Å². The Bertz CT molecular complexity index is 583. The zero-order valence-electron chi connectivity index (χ0n) is 12.9. The van der Waals surface area contributed by atoms with Crippen molar-refractivity contribution >= 4 is 11.6 Å². The van der Waals surface area contributed by atoms with Gasteiger partial charge in [0.1, 0.15) is 5.82 Å². The Morgan fingerprint density at radius 2 is 2.17 bits per heavy atom. The van der Waals surface area contributed by atoms with Gasteiger partial charge in [0, 0.05) is 25.1 Å². The average molecular weight is 325 g/mol.